The summed E-state index contributed by atoms with van der Waals surface area (Å²) >= 11 is 5.39. The number of hydrogen-bond donors (Lipinski definition) is 1. The summed E-state index contributed by atoms with van der Waals surface area (Å²) in [4.78, 5) is 11.0. The Balaban J connectivity index is 2.68. The molecule has 0 spiro atoms. The van der Waals surface area contributed by atoms with Gasteiger partial charge in [-0.15, -0.1) is 11.6 Å². The van der Waals surface area contributed by atoms with Crippen molar-refractivity contribution in [2.45, 2.75) is 26.2 Å². The Kier molecular flexibility index (Phi) is 4.63. The number of alkyl halides is 1. The molecule has 0 fully saturated rings. The van der Waals surface area contributed by atoms with Crippen molar-refractivity contribution in [2.75, 3.05) is 11.2 Å². The lowest BCUT2D eigenvalue weighted by Crippen LogP contribution is -2.12. The molecule has 0 unspecified atom stereocenters. The van der Waals surface area contributed by atoms with Crippen LogP contribution in [-0.4, -0.2) is 11.8 Å². The third kappa shape index (κ3) is 3.56. The molecule has 15 heavy (non-hydrogen) atoms. The lowest BCUT2D eigenvalue weighted by molar-refractivity contribution is -0.113. The third-order valence-corrected chi connectivity index (χ3v) is 2.74. The summed E-state index contributed by atoms with van der Waals surface area (Å²) in [6.07, 6.45) is 1.12. The topological polar surface area (TPSA) is 29.1 Å². The van der Waals surface area contributed by atoms with Gasteiger partial charge < -0.3 is 5.32 Å². The second-order valence-electron chi connectivity index (χ2n) is 3.61. The van der Waals surface area contributed by atoms with Gasteiger partial charge in [0.15, 0.2) is 0 Å². The maximum absolute atomic E-state index is 11.0. The maximum atomic E-state index is 11.0. The van der Waals surface area contributed by atoms with Crippen molar-refractivity contribution in [1.29, 1.82) is 0 Å². The lowest BCUT2D eigenvalue weighted by Gasteiger charge is -2.09. The molecule has 0 heterocycles. The van der Waals surface area contributed by atoms with Crippen molar-refractivity contribution in [3.63, 3.8) is 0 Å². The van der Waals surface area contributed by atoms with Gasteiger partial charge in [0.2, 0.25) is 5.91 Å². The summed E-state index contributed by atoms with van der Waals surface area (Å²) in [5.41, 5.74) is 2.09. The summed E-state index contributed by atoms with van der Waals surface area (Å²) in [6, 6.07) is 7.90. The van der Waals surface area contributed by atoms with Gasteiger partial charge in [0, 0.05) is 5.69 Å². The molecule has 0 bridgehead atoms. The SMILES string of the molecule is CC[C@H](C)c1ccc(NC(=O)CCl)cc1. The molecule has 0 aliphatic carbocycles. The van der Waals surface area contributed by atoms with Crippen molar-refractivity contribution >= 4 is 23.2 Å². The van der Waals surface area contributed by atoms with Crippen molar-refractivity contribution in [3.05, 3.63) is 29.8 Å². The Bertz CT molecular complexity index is 321. The van der Waals surface area contributed by atoms with Crippen molar-refractivity contribution in [3.8, 4) is 0 Å². The number of hydrogen-bond acceptors (Lipinski definition) is 1. The highest BCUT2D eigenvalue weighted by Gasteiger charge is 2.03. The van der Waals surface area contributed by atoms with Gasteiger partial charge in [0.25, 0.3) is 0 Å². The second-order valence-corrected chi connectivity index (χ2v) is 3.88. The molecule has 0 radical (unpaired) electrons. The minimum Gasteiger partial charge on any atom is -0.325 e. The largest absolute Gasteiger partial charge is 0.325 e. The molecule has 1 N–H and O–H groups in total. The molecule has 3 heteroatoms. The Hall–Kier alpha value is -1.02. The molecule has 1 rings (SSSR count). The van der Waals surface area contributed by atoms with Gasteiger partial charge in [-0.05, 0) is 30.0 Å². The lowest BCUT2D eigenvalue weighted by atomic mass is 9.99. The zero-order chi connectivity index (χ0) is 11.3. The third-order valence-electron chi connectivity index (χ3n) is 2.50. The first-order valence-electron chi connectivity index (χ1n) is 5.13. The fourth-order valence-corrected chi connectivity index (χ4v) is 1.39. The van der Waals surface area contributed by atoms with E-state index in [9.17, 15) is 4.79 Å². The zero-order valence-electron chi connectivity index (χ0n) is 9.09. The summed E-state index contributed by atoms with van der Waals surface area (Å²) in [5, 5.41) is 2.70. The summed E-state index contributed by atoms with van der Waals surface area (Å²) < 4.78 is 0. The van der Waals surface area contributed by atoms with Crippen LogP contribution in [0.3, 0.4) is 0 Å². The first kappa shape index (κ1) is 12.1. The van der Waals surface area contributed by atoms with E-state index in [0.29, 0.717) is 5.92 Å². The second kappa shape index (κ2) is 5.76. The molecule has 1 aromatic carbocycles. The molecule has 0 saturated heterocycles. The number of halogens is 1. The van der Waals surface area contributed by atoms with Gasteiger partial charge in [0.1, 0.15) is 5.88 Å². The maximum Gasteiger partial charge on any atom is 0.239 e. The number of anilines is 1. The van der Waals surface area contributed by atoms with E-state index < -0.39 is 0 Å². The quantitative estimate of drug-likeness (QED) is 0.783. The average Bonchev–Trinajstić information content (AvgIpc) is 2.29. The van der Waals surface area contributed by atoms with Crippen LogP contribution in [0, 0.1) is 0 Å². The Morgan fingerprint density at radius 2 is 2.00 bits per heavy atom. The molecule has 82 valence electrons. The van der Waals surface area contributed by atoms with E-state index in [1.165, 1.54) is 5.56 Å². The Labute approximate surface area is 95.6 Å². The van der Waals surface area contributed by atoms with Gasteiger partial charge in [-0.3, -0.25) is 4.79 Å². The molecular formula is C12H16ClNO. The van der Waals surface area contributed by atoms with Crippen LogP contribution in [0.5, 0.6) is 0 Å². The zero-order valence-corrected chi connectivity index (χ0v) is 9.84. The van der Waals surface area contributed by atoms with Gasteiger partial charge in [0.05, 0.1) is 0 Å². The molecule has 0 aromatic heterocycles. The molecule has 1 amide bonds. The number of amides is 1. The Morgan fingerprint density at radius 3 is 2.47 bits per heavy atom. The van der Waals surface area contributed by atoms with Crippen LogP contribution in [0.25, 0.3) is 0 Å². The minimum atomic E-state index is -0.173. The standard InChI is InChI=1S/C12H16ClNO/c1-3-9(2)10-4-6-11(7-5-10)14-12(15)8-13/h4-7,9H,3,8H2,1-2H3,(H,14,15)/t9-/m0/s1. The minimum absolute atomic E-state index is 0.00683. The number of carbonyl (C=O) groups excluding carboxylic acids is 1. The molecule has 0 aliphatic heterocycles. The smallest absolute Gasteiger partial charge is 0.239 e. The van der Waals surface area contributed by atoms with E-state index in [4.69, 9.17) is 11.6 Å². The van der Waals surface area contributed by atoms with E-state index in [-0.39, 0.29) is 11.8 Å². The summed E-state index contributed by atoms with van der Waals surface area (Å²) in [7, 11) is 0. The Morgan fingerprint density at radius 1 is 1.40 bits per heavy atom. The van der Waals surface area contributed by atoms with Crippen molar-refractivity contribution in [2.24, 2.45) is 0 Å². The van der Waals surface area contributed by atoms with E-state index in [1.807, 2.05) is 24.3 Å². The highest BCUT2D eigenvalue weighted by Crippen LogP contribution is 2.20. The van der Waals surface area contributed by atoms with Crippen LogP contribution < -0.4 is 5.32 Å². The van der Waals surface area contributed by atoms with Crippen molar-refractivity contribution in [1.82, 2.24) is 0 Å². The fourth-order valence-electron chi connectivity index (χ4n) is 1.33. The van der Waals surface area contributed by atoms with Crippen LogP contribution in [0.4, 0.5) is 5.69 Å². The van der Waals surface area contributed by atoms with Crippen molar-refractivity contribution < 1.29 is 4.79 Å². The first-order chi connectivity index (χ1) is 7.17. The fraction of sp³-hybridized carbons (Fsp3) is 0.417. The number of carbonyl (C=O) groups is 1. The van der Waals surface area contributed by atoms with Gasteiger partial charge in [-0.25, -0.2) is 0 Å². The normalized spacial score (nSPS) is 12.2. The highest BCUT2D eigenvalue weighted by atomic mass is 35.5. The van der Waals surface area contributed by atoms with E-state index >= 15 is 0 Å². The highest BCUT2D eigenvalue weighted by molar-refractivity contribution is 6.29. The monoisotopic (exact) mass is 225 g/mol. The average molecular weight is 226 g/mol. The predicted molar refractivity (Wildman–Crippen MR) is 64.5 cm³/mol. The van der Waals surface area contributed by atoms with E-state index in [0.717, 1.165) is 12.1 Å². The van der Waals surface area contributed by atoms with Crippen LogP contribution in [0.2, 0.25) is 0 Å². The van der Waals surface area contributed by atoms with E-state index in [1.54, 1.807) is 0 Å². The number of nitrogens with one attached hydrogen (secondary N) is 1. The molecule has 0 aliphatic rings. The first-order valence-corrected chi connectivity index (χ1v) is 5.66. The van der Waals surface area contributed by atoms with E-state index in [2.05, 4.69) is 19.2 Å². The van der Waals surface area contributed by atoms with Crippen LogP contribution in [0.15, 0.2) is 24.3 Å². The van der Waals surface area contributed by atoms with Crippen LogP contribution in [0.1, 0.15) is 31.7 Å². The van der Waals surface area contributed by atoms with Gasteiger partial charge in [-0.2, -0.15) is 0 Å². The number of benzene rings is 1. The summed E-state index contributed by atoms with van der Waals surface area (Å²) in [5.74, 6) is 0.378. The molecule has 1 atom stereocenters. The van der Waals surface area contributed by atoms with Crippen LogP contribution >= 0.6 is 11.6 Å². The molecule has 1 aromatic rings. The molecule has 2 nitrogen and oxygen atoms in total. The predicted octanol–water partition coefficient (Wildman–Crippen LogP) is 3.38. The van der Waals surface area contributed by atoms with Crippen LogP contribution in [-0.2, 0) is 4.79 Å². The molecule has 0 saturated carbocycles. The number of rotatable bonds is 4. The summed E-state index contributed by atoms with van der Waals surface area (Å²) in [6.45, 7) is 4.35. The van der Waals surface area contributed by atoms with Gasteiger partial charge >= 0.3 is 0 Å². The van der Waals surface area contributed by atoms with Gasteiger partial charge in [-0.1, -0.05) is 26.0 Å². The molecular weight excluding hydrogens is 210 g/mol.